The van der Waals surface area contributed by atoms with Crippen molar-refractivity contribution < 1.29 is 13.5 Å². The zero-order valence-corrected chi connectivity index (χ0v) is 9.17. The quantitative estimate of drug-likeness (QED) is 0.894. The topological polar surface area (TPSA) is 42.1 Å². The van der Waals surface area contributed by atoms with Gasteiger partial charge in [0.15, 0.2) is 5.43 Å². The van der Waals surface area contributed by atoms with Crippen LogP contribution in [0.3, 0.4) is 0 Å². The lowest BCUT2D eigenvalue weighted by Crippen LogP contribution is -2.06. The summed E-state index contributed by atoms with van der Waals surface area (Å²) in [5, 5.41) is 0.348. The van der Waals surface area contributed by atoms with E-state index in [1.165, 1.54) is 0 Å². The van der Waals surface area contributed by atoms with E-state index in [0.717, 1.165) is 6.07 Å². The Morgan fingerprint density at radius 3 is 2.76 bits per heavy atom. The highest BCUT2D eigenvalue weighted by atomic mass is 19.3. The molecule has 2 aromatic rings. The molecule has 0 unspecified atom stereocenters. The highest BCUT2D eigenvalue weighted by molar-refractivity contribution is 5.80. The molecule has 0 amide bonds. The fourth-order valence-corrected chi connectivity index (χ4v) is 1.62. The molecule has 3 nitrogen and oxygen atoms in total. The molecule has 0 aliphatic heterocycles. The summed E-state index contributed by atoms with van der Waals surface area (Å²) in [6.45, 7) is 2.31. The van der Waals surface area contributed by atoms with Gasteiger partial charge >= 0.3 is 0 Å². The van der Waals surface area contributed by atoms with Crippen LogP contribution >= 0.6 is 0 Å². The molecule has 17 heavy (non-hydrogen) atoms. The number of hydrogen-bond donors (Lipinski definition) is 1. The summed E-state index contributed by atoms with van der Waals surface area (Å²) in [5.41, 5.74) is -0.418. The molecule has 0 saturated heterocycles. The van der Waals surface area contributed by atoms with E-state index in [9.17, 15) is 13.6 Å². The van der Waals surface area contributed by atoms with Crippen LogP contribution in [-0.4, -0.2) is 11.6 Å². The molecule has 1 aromatic heterocycles. The van der Waals surface area contributed by atoms with Crippen molar-refractivity contribution in [3.8, 4) is 5.75 Å². The van der Waals surface area contributed by atoms with Crippen molar-refractivity contribution in [1.29, 1.82) is 0 Å². The smallest absolute Gasteiger partial charge is 0.278 e. The molecule has 1 N–H and O–H groups in total. The fourth-order valence-electron chi connectivity index (χ4n) is 1.62. The van der Waals surface area contributed by atoms with Gasteiger partial charge in [-0.3, -0.25) is 4.79 Å². The summed E-state index contributed by atoms with van der Waals surface area (Å²) >= 11 is 0. The van der Waals surface area contributed by atoms with Crippen LogP contribution in [0.2, 0.25) is 0 Å². The third-order valence-corrected chi connectivity index (χ3v) is 2.37. The Kier molecular flexibility index (Phi) is 3.08. The SMILES string of the molecule is CCOc1ccc2[nH]c(C(F)F)cc(=O)c2c1. The van der Waals surface area contributed by atoms with Gasteiger partial charge in [-0.25, -0.2) is 8.78 Å². The van der Waals surface area contributed by atoms with Gasteiger partial charge in [-0.2, -0.15) is 0 Å². The molecular weight excluding hydrogens is 228 g/mol. The number of ether oxygens (including phenoxy) is 1. The number of aromatic amines is 1. The van der Waals surface area contributed by atoms with Gasteiger partial charge in [-0.1, -0.05) is 0 Å². The number of alkyl halides is 2. The molecule has 1 heterocycles. The van der Waals surface area contributed by atoms with Crippen LogP contribution in [0, 0.1) is 0 Å². The van der Waals surface area contributed by atoms with E-state index in [0.29, 0.717) is 23.3 Å². The monoisotopic (exact) mass is 239 g/mol. The van der Waals surface area contributed by atoms with Gasteiger partial charge in [-0.15, -0.1) is 0 Å². The maximum Gasteiger partial charge on any atom is 0.278 e. The van der Waals surface area contributed by atoms with Gasteiger partial charge < -0.3 is 9.72 Å². The predicted octanol–water partition coefficient (Wildman–Crippen LogP) is 2.86. The Morgan fingerprint density at radius 1 is 1.35 bits per heavy atom. The number of pyridine rings is 1. The molecule has 1 aromatic carbocycles. The third kappa shape index (κ3) is 2.27. The van der Waals surface area contributed by atoms with Crippen molar-refractivity contribution in [3.05, 3.63) is 40.2 Å². The lowest BCUT2D eigenvalue weighted by molar-refractivity contribution is 0.146. The fraction of sp³-hybridized carbons (Fsp3) is 0.250. The third-order valence-electron chi connectivity index (χ3n) is 2.37. The van der Waals surface area contributed by atoms with Crippen molar-refractivity contribution in [2.45, 2.75) is 13.3 Å². The van der Waals surface area contributed by atoms with Crippen LogP contribution in [-0.2, 0) is 0 Å². The van der Waals surface area contributed by atoms with Crippen molar-refractivity contribution in [2.75, 3.05) is 6.61 Å². The second-order valence-corrected chi connectivity index (χ2v) is 3.53. The Morgan fingerprint density at radius 2 is 2.12 bits per heavy atom. The highest BCUT2D eigenvalue weighted by Crippen LogP contribution is 2.20. The summed E-state index contributed by atoms with van der Waals surface area (Å²) in [5.74, 6) is 0.551. The number of aromatic nitrogens is 1. The molecule has 0 atom stereocenters. The first kappa shape index (κ1) is 11.6. The predicted molar refractivity (Wildman–Crippen MR) is 60.7 cm³/mol. The van der Waals surface area contributed by atoms with Crippen LogP contribution in [0.25, 0.3) is 10.9 Å². The number of H-pyrrole nitrogens is 1. The van der Waals surface area contributed by atoms with Gasteiger partial charge in [0.1, 0.15) is 5.75 Å². The van der Waals surface area contributed by atoms with E-state index < -0.39 is 11.9 Å². The van der Waals surface area contributed by atoms with Crippen LogP contribution in [0.5, 0.6) is 5.75 Å². The van der Waals surface area contributed by atoms with Crippen LogP contribution in [0.1, 0.15) is 19.0 Å². The van der Waals surface area contributed by atoms with E-state index in [4.69, 9.17) is 4.74 Å². The number of fused-ring (bicyclic) bond motifs is 1. The second kappa shape index (κ2) is 4.53. The van der Waals surface area contributed by atoms with E-state index in [-0.39, 0.29) is 5.69 Å². The standard InChI is InChI=1S/C12H11F2NO2/c1-2-17-7-3-4-9-8(5-7)11(16)6-10(15-9)12(13)14/h3-6,12H,2H2,1H3,(H,15,16). The number of hydrogen-bond acceptors (Lipinski definition) is 2. The molecule has 0 aliphatic rings. The summed E-state index contributed by atoms with van der Waals surface area (Å²) in [6, 6.07) is 5.67. The van der Waals surface area contributed by atoms with E-state index >= 15 is 0 Å². The van der Waals surface area contributed by atoms with E-state index in [1.54, 1.807) is 18.2 Å². The van der Waals surface area contributed by atoms with E-state index in [1.807, 2.05) is 6.92 Å². The van der Waals surface area contributed by atoms with E-state index in [2.05, 4.69) is 4.98 Å². The minimum atomic E-state index is -2.68. The molecule has 0 saturated carbocycles. The normalized spacial score (nSPS) is 11.1. The highest BCUT2D eigenvalue weighted by Gasteiger charge is 2.11. The molecule has 5 heteroatoms. The Bertz CT molecular complexity index is 593. The first-order valence-electron chi connectivity index (χ1n) is 5.19. The average molecular weight is 239 g/mol. The Hall–Kier alpha value is -1.91. The number of nitrogens with one attached hydrogen (secondary N) is 1. The lowest BCUT2D eigenvalue weighted by Gasteiger charge is -2.06. The minimum absolute atomic E-state index is 0.348. The van der Waals surface area contributed by atoms with Crippen LogP contribution < -0.4 is 10.2 Å². The second-order valence-electron chi connectivity index (χ2n) is 3.53. The zero-order chi connectivity index (χ0) is 12.4. The maximum atomic E-state index is 12.5. The molecule has 90 valence electrons. The van der Waals surface area contributed by atoms with Gasteiger partial charge in [0.2, 0.25) is 0 Å². The largest absolute Gasteiger partial charge is 0.494 e. The first-order valence-corrected chi connectivity index (χ1v) is 5.19. The molecule has 0 bridgehead atoms. The molecular formula is C12H11F2NO2. The van der Waals surface area contributed by atoms with Crippen LogP contribution in [0.15, 0.2) is 29.1 Å². The summed E-state index contributed by atoms with van der Waals surface area (Å²) in [4.78, 5) is 14.2. The maximum absolute atomic E-state index is 12.5. The molecule has 0 aliphatic carbocycles. The van der Waals surface area contributed by atoms with Crippen molar-refractivity contribution in [2.24, 2.45) is 0 Å². The van der Waals surface area contributed by atoms with Gasteiger partial charge in [0, 0.05) is 17.0 Å². The summed E-state index contributed by atoms with van der Waals surface area (Å²) < 4.78 is 30.2. The molecule has 0 fully saturated rings. The molecule has 2 rings (SSSR count). The summed E-state index contributed by atoms with van der Waals surface area (Å²) in [7, 11) is 0. The number of benzene rings is 1. The number of halogens is 2. The lowest BCUT2D eigenvalue weighted by atomic mass is 10.2. The van der Waals surface area contributed by atoms with Gasteiger partial charge in [0.05, 0.1) is 12.3 Å². The van der Waals surface area contributed by atoms with Gasteiger partial charge in [-0.05, 0) is 25.1 Å². The van der Waals surface area contributed by atoms with Crippen molar-refractivity contribution in [1.82, 2.24) is 4.98 Å². The summed E-state index contributed by atoms with van der Waals surface area (Å²) in [6.07, 6.45) is -2.68. The molecule has 0 spiro atoms. The average Bonchev–Trinajstić information content (AvgIpc) is 2.30. The van der Waals surface area contributed by atoms with Crippen molar-refractivity contribution >= 4 is 10.9 Å². The van der Waals surface area contributed by atoms with Crippen LogP contribution in [0.4, 0.5) is 8.78 Å². The minimum Gasteiger partial charge on any atom is -0.494 e. The Balaban J connectivity index is 2.60. The van der Waals surface area contributed by atoms with Gasteiger partial charge in [0.25, 0.3) is 6.43 Å². The van der Waals surface area contributed by atoms with Crippen molar-refractivity contribution in [3.63, 3.8) is 0 Å². The first-order chi connectivity index (χ1) is 8.11. The molecule has 0 radical (unpaired) electrons. The number of rotatable bonds is 3. The Labute approximate surface area is 96.0 Å². The zero-order valence-electron chi connectivity index (χ0n) is 9.17.